The third-order valence-electron chi connectivity index (χ3n) is 8.42. The maximum absolute atomic E-state index is 12.9. The van der Waals surface area contributed by atoms with Crippen LogP contribution in [-0.4, -0.2) is 91.3 Å². The summed E-state index contributed by atoms with van der Waals surface area (Å²) in [4.78, 5) is 33.3. The highest BCUT2D eigenvalue weighted by Crippen LogP contribution is 2.62. The summed E-state index contributed by atoms with van der Waals surface area (Å²) < 4.78 is 10.4. The fourth-order valence-corrected chi connectivity index (χ4v) is 7.24. The maximum Gasteiger partial charge on any atom is 0.323 e. The zero-order valence-corrected chi connectivity index (χ0v) is 21.7. The van der Waals surface area contributed by atoms with Gasteiger partial charge in [0.1, 0.15) is 0 Å². The third kappa shape index (κ3) is 5.06. The molecular formula is C24H38N4O6S. The van der Waals surface area contributed by atoms with Crippen molar-refractivity contribution in [1.82, 2.24) is 15.2 Å². The molecule has 5 atom stereocenters. The number of carbonyl (C=O) groups excluding carboxylic acids is 2. The van der Waals surface area contributed by atoms with Gasteiger partial charge in [-0.3, -0.25) is 10.1 Å². The van der Waals surface area contributed by atoms with Gasteiger partial charge in [-0.05, 0) is 30.6 Å². The minimum absolute atomic E-state index is 0.0312. The van der Waals surface area contributed by atoms with Crippen molar-refractivity contribution in [3.8, 4) is 0 Å². The Morgan fingerprint density at radius 1 is 1.31 bits per heavy atom. The first-order valence-corrected chi connectivity index (χ1v) is 13.2. The fraction of sp³-hybridized carbons (Fsp3) is 0.792. The van der Waals surface area contributed by atoms with Crippen LogP contribution in [0.2, 0.25) is 0 Å². The smallest absolute Gasteiger partial charge is 0.323 e. The second-order valence-electron chi connectivity index (χ2n) is 10.4. The number of thiazole rings is 1. The molecule has 5 unspecified atom stereocenters. The van der Waals surface area contributed by atoms with Gasteiger partial charge in [0.2, 0.25) is 5.91 Å². The lowest BCUT2D eigenvalue weighted by molar-refractivity contribution is -0.144. The molecular weight excluding hydrogens is 472 g/mol. The van der Waals surface area contributed by atoms with E-state index in [2.05, 4.69) is 17.6 Å². The van der Waals surface area contributed by atoms with Gasteiger partial charge in [-0.1, -0.05) is 13.8 Å². The van der Waals surface area contributed by atoms with Gasteiger partial charge >= 0.3 is 6.03 Å². The molecule has 0 radical (unpaired) electrons. The molecule has 2 fully saturated rings. The number of nitrogens with one attached hydrogen (secondary N) is 2. The molecule has 196 valence electrons. The number of aromatic nitrogens is 1. The van der Waals surface area contributed by atoms with Gasteiger partial charge < -0.3 is 29.9 Å². The zero-order valence-electron chi connectivity index (χ0n) is 20.8. The average Bonchev–Trinajstić information content (AvgIpc) is 3.25. The van der Waals surface area contributed by atoms with Crippen LogP contribution < -0.4 is 10.6 Å². The maximum atomic E-state index is 12.9. The SMILES string of the molecule is COCCNC(=O)CC1c2nc(NC(=O)N3CCOCC3)sc2CC2C(C)(CO)C(O)CCC12C. The van der Waals surface area contributed by atoms with Crippen LogP contribution in [0.4, 0.5) is 9.93 Å². The van der Waals surface area contributed by atoms with E-state index >= 15 is 0 Å². The number of nitrogens with zero attached hydrogens (tertiary/aromatic N) is 2. The molecule has 2 heterocycles. The van der Waals surface area contributed by atoms with E-state index in [0.29, 0.717) is 57.4 Å². The van der Waals surface area contributed by atoms with Crippen molar-refractivity contribution in [2.24, 2.45) is 16.7 Å². The quantitative estimate of drug-likeness (QED) is 0.409. The van der Waals surface area contributed by atoms with Gasteiger partial charge in [-0.25, -0.2) is 9.78 Å². The van der Waals surface area contributed by atoms with Gasteiger partial charge in [0.25, 0.3) is 0 Å². The van der Waals surface area contributed by atoms with Crippen molar-refractivity contribution >= 4 is 28.4 Å². The zero-order chi connectivity index (χ0) is 25.2. The van der Waals surface area contributed by atoms with E-state index in [1.807, 2.05) is 6.92 Å². The average molecular weight is 511 g/mol. The first-order valence-electron chi connectivity index (χ1n) is 12.4. The molecule has 1 saturated carbocycles. The predicted molar refractivity (Wildman–Crippen MR) is 132 cm³/mol. The van der Waals surface area contributed by atoms with Crippen molar-refractivity contribution in [3.63, 3.8) is 0 Å². The molecule has 4 rings (SSSR count). The van der Waals surface area contributed by atoms with Crippen molar-refractivity contribution in [2.45, 2.75) is 51.6 Å². The van der Waals surface area contributed by atoms with Crippen LogP contribution in [0.5, 0.6) is 0 Å². The van der Waals surface area contributed by atoms with Crippen LogP contribution in [0.1, 0.15) is 49.6 Å². The Morgan fingerprint density at radius 2 is 2.06 bits per heavy atom. The Balaban J connectivity index is 1.64. The largest absolute Gasteiger partial charge is 0.396 e. The molecule has 3 aliphatic rings. The topological polar surface area (TPSA) is 133 Å². The number of rotatable bonds is 7. The van der Waals surface area contributed by atoms with E-state index in [1.54, 1.807) is 12.0 Å². The van der Waals surface area contributed by atoms with E-state index < -0.39 is 11.5 Å². The molecule has 11 heteroatoms. The first kappa shape index (κ1) is 26.3. The van der Waals surface area contributed by atoms with Crippen molar-refractivity contribution in [1.29, 1.82) is 0 Å². The number of hydrogen-bond acceptors (Lipinski definition) is 8. The Bertz CT molecular complexity index is 922. The van der Waals surface area contributed by atoms with Crippen molar-refractivity contribution in [3.05, 3.63) is 10.6 Å². The highest BCUT2D eigenvalue weighted by atomic mass is 32.1. The van der Waals surface area contributed by atoms with Gasteiger partial charge in [0.05, 0.1) is 38.2 Å². The standard InChI is InChI=1S/C24H38N4O6S/c1-23-5-4-18(30)24(2,14-29)17(23)13-16-20(15(23)12-19(31)25-6-9-33-3)26-21(35-16)27-22(32)28-7-10-34-11-8-28/h15,17-18,29-30H,4-14H2,1-3H3,(H,25,31)(H,26,27,32). The van der Waals surface area contributed by atoms with Crippen LogP contribution in [0.15, 0.2) is 0 Å². The van der Waals surface area contributed by atoms with Crippen LogP contribution in [0.3, 0.4) is 0 Å². The number of ether oxygens (including phenoxy) is 2. The number of aliphatic hydroxyl groups is 2. The molecule has 1 aromatic rings. The van der Waals surface area contributed by atoms with E-state index in [9.17, 15) is 19.8 Å². The summed E-state index contributed by atoms with van der Waals surface area (Å²) in [6.45, 7) is 6.96. The Morgan fingerprint density at radius 3 is 2.74 bits per heavy atom. The highest BCUT2D eigenvalue weighted by Gasteiger charge is 2.59. The third-order valence-corrected chi connectivity index (χ3v) is 9.43. The summed E-state index contributed by atoms with van der Waals surface area (Å²) in [6.07, 6.45) is 1.58. The molecule has 0 spiro atoms. The van der Waals surface area contributed by atoms with Crippen LogP contribution in [0.25, 0.3) is 0 Å². The summed E-state index contributed by atoms with van der Waals surface area (Å²) in [7, 11) is 1.59. The second kappa shape index (κ2) is 10.7. The number of urea groups is 1. The van der Waals surface area contributed by atoms with Crippen LogP contribution >= 0.6 is 11.3 Å². The minimum Gasteiger partial charge on any atom is -0.396 e. The summed E-state index contributed by atoms with van der Waals surface area (Å²) >= 11 is 1.43. The summed E-state index contributed by atoms with van der Waals surface area (Å²) in [5.41, 5.74) is -0.164. The fourth-order valence-electron chi connectivity index (χ4n) is 6.19. The molecule has 2 aliphatic carbocycles. The van der Waals surface area contributed by atoms with Crippen molar-refractivity contribution in [2.75, 3.05) is 58.5 Å². The lowest BCUT2D eigenvalue weighted by atomic mass is 9.47. The number of hydrogen-bond donors (Lipinski definition) is 4. The molecule has 0 bridgehead atoms. The summed E-state index contributed by atoms with van der Waals surface area (Å²) in [5.74, 6) is -0.303. The Hall–Kier alpha value is -1.79. The molecule has 3 amide bonds. The van der Waals surface area contributed by atoms with Crippen LogP contribution in [0, 0.1) is 16.7 Å². The van der Waals surface area contributed by atoms with E-state index in [0.717, 1.165) is 17.0 Å². The molecule has 1 aliphatic heterocycles. The molecule has 0 aromatic carbocycles. The number of anilines is 1. The number of amides is 3. The molecule has 1 saturated heterocycles. The lowest BCUT2D eigenvalue weighted by Gasteiger charge is -2.58. The lowest BCUT2D eigenvalue weighted by Crippen LogP contribution is -2.57. The summed E-state index contributed by atoms with van der Waals surface area (Å²) in [6, 6.07) is -0.201. The van der Waals surface area contributed by atoms with Gasteiger partial charge in [-0.2, -0.15) is 0 Å². The van der Waals surface area contributed by atoms with E-state index in [1.165, 1.54) is 11.3 Å². The van der Waals surface area contributed by atoms with E-state index in [-0.39, 0.29) is 42.2 Å². The molecule has 4 N–H and O–H groups in total. The van der Waals surface area contributed by atoms with Gasteiger partial charge in [-0.15, -0.1) is 11.3 Å². The minimum atomic E-state index is -0.684. The molecule has 10 nitrogen and oxygen atoms in total. The summed E-state index contributed by atoms with van der Waals surface area (Å²) in [5, 5.41) is 27.6. The monoisotopic (exact) mass is 510 g/mol. The Labute approximate surface area is 210 Å². The number of methoxy groups -OCH3 is 1. The molecule has 1 aromatic heterocycles. The first-order chi connectivity index (χ1) is 16.7. The number of fused-ring (bicyclic) bond motifs is 2. The van der Waals surface area contributed by atoms with E-state index in [4.69, 9.17) is 14.5 Å². The normalized spacial score (nSPS) is 32.5. The number of carbonyl (C=O) groups is 2. The molecule has 35 heavy (non-hydrogen) atoms. The second-order valence-corrected chi connectivity index (χ2v) is 11.5. The number of morpholine rings is 1. The van der Waals surface area contributed by atoms with Crippen LogP contribution in [-0.2, 0) is 20.7 Å². The number of aliphatic hydroxyl groups excluding tert-OH is 2. The van der Waals surface area contributed by atoms with Gasteiger partial charge in [0.15, 0.2) is 5.13 Å². The van der Waals surface area contributed by atoms with Gasteiger partial charge in [0, 0.05) is 49.4 Å². The van der Waals surface area contributed by atoms with Crippen molar-refractivity contribution < 1.29 is 29.3 Å². The Kier molecular flexibility index (Phi) is 8.02. The highest BCUT2D eigenvalue weighted by molar-refractivity contribution is 7.15. The predicted octanol–water partition coefficient (Wildman–Crippen LogP) is 1.58.